The fraction of sp³-hybridized carbons (Fsp3) is 0.588. The number of aliphatic hydroxyl groups is 1. The molecule has 0 fully saturated rings. The van der Waals surface area contributed by atoms with E-state index < -0.39 is 0 Å². The van der Waals surface area contributed by atoms with Gasteiger partial charge in [0.05, 0.1) is 5.92 Å². The van der Waals surface area contributed by atoms with Crippen molar-refractivity contribution in [2.24, 2.45) is 11.3 Å². The number of halogens is 1. The van der Waals surface area contributed by atoms with Crippen molar-refractivity contribution in [3.63, 3.8) is 0 Å². The zero-order valence-corrected chi connectivity index (χ0v) is 14.1. The molecule has 0 saturated carbocycles. The molecule has 0 aliphatic rings. The van der Waals surface area contributed by atoms with Gasteiger partial charge in [0.25, 0.3) is 0 Å². The van der Waals surface area contributed by atoms with E-state index in [1.54, 1.807) is 0 Å². The highest BCUT2D eigenvalue weighted by molar-refractivity contribution is 6.30. The van der Waals surface area contributed by atoms with Crippen LogP contribution in [0.4, 0.5) is 0 Å². The Morgan fingerprint density at radius 1 is 1.29 bits per heavy atom. The molecule has 1 amide bonds. The van der Waals surface area contributed by atoms with Crippen LogP contribution < -0.4 is 5.32 Å². The van der Waals surface area contributed by atoms with Crippen LogP contribution in [0.2, 0.25) is 5.02 Å². The molecule has 0 heterocycles. The summed E-state index contributed by atoms with van der Waals surface area (Å²) in [6.07, 6.45) is 0.667. The normalized spacial score (nSPS) is 13.3. The Balaban J connectivity index is 2.77. The molecular weight excluding hydrogens is 286 g/mol. The van der Waals surface area contributed by atoms with Gasteiger partial charge in [0, 0.05) is 18.2 Å². The Kier molecular flexibility index (Phi) is 6.69. The first-order chi connectivity index (χ1) is 9.76. The van der Waals surface area contributed by atoms with Gasteiger partial charge in [-0.05, 0) is 35.4 Å². The monoisotopic (exact) mass is 311 g/mol. The Morgan fingerprint density at radius 2 is 1.86 bits per heavy atom. The maximum atomic E-state index is 12.5. The van der Waals surface area contributed by atoms with Gasteiger partial charge in [0.15, 0.2) is 0 Å². The molecule has 0 aliphatic carbocycles. The third-order valence-corrected chi connectivity index (χ3v) is 3.96. The van der Waals surface area contributed by atoms with E-state index >= 15 is 0 Å². The summed E-state index contributed by atoms with van der Waals surface area (Å²) < 4.78 is 0. The number of hydrogen-bond acceptors (Lipinski definition) is 2. The minimum Gasteiger partial charge on any atom is -0.396 e. The number of carbonyl (C=O) groups is 1. The molecule has 1 unspecified atom stereocenters. The van der Waals surface area contributed by atoms with Crippen LogP contribution in [0.15, 0.2) is 24.3 Å². The molecule has 0 aliphatic heterocycles. The van der Waals surface area contributed by atoms with E-state index in [0.717, 1.165) is 5.56 Å². The highest BCUT2D eigenvalue weighted by Crippen LogP contribution is 2.26. The van der Waals surface area contributed by atoms with Gasteiger partial charge in [-0.1, -0.05) is 51.4 Å². The van der Waals surface area contributed by atoms with Crippen molar-refractivity contribution in [2.45, 2.75) is 40.0 Å². The Morgan fingerprint density at radius 3 is 2.33 bits per heavy atom. The van der Waals surface area contributed by atoms with Crippen LogP contribution in [0, 0.1) is 11.3 Å². The molecule has 4 heteroatoms. The molecule has 3 nitrogen and oxygen atoms in total. The standard InChI is InChI=1S/C17H26ClNO2/c1-12(2)15(13-5-7-14(18)8-6-13)16(21)19-11-17(3,4)9-10-20/h5-8,12,15,20H,9-11H2,1-4H3,(H,19,21). The third kappa shape index (κ3) is 5.68. The zero-order chi connectivity index (χ0) is 16.0. The molecule has 0 spiro atoms. The van der Waals surface area contributed by atoms with E-state index in [1.165, 1.54) is 0 Å². The molecule has 1 atom stereocenters. The van der Waals surface area contributed by atoms with Crippen molar-refractivity contribution in [1.82, 2.24) is 5.32 Å². The Bertz CT molecular complexity index is 454. The van der Waals surface area contributed by atoms with Gasteiger partial charge >= 0.3 is 0 Å². The molecule has 0 aromatic heterocycles. The average Bonchev–Trinajstić information content (AvgIpc) is 2.39. The van der Waals surface area contributed by atoms with E-state index in [2.05, 4.69) is 5.32 Å². The maximum absolute atomic E-state index is 12.5. The summed E-state index contributed by atoms with van der Waals surface area (Å²) in [6, 6.07) is 7.45. The Hall–Kier alpha value is -1.06. The summed E-state index contributed by atoms with van der Waals surface area (Å²) in [5.41, 5.74) is 0.873. The van der Waals surface area contributed by atoms with Crippen molar-refractivity contribution in [3.05, 3.63) is 34.9 Å². The van der Waals surface area contributed by atoms with Gasteiger partial charge in [-0.3, -0.25) is 4.79 Å². The second-order valence-electron chi connectivity index (χ2n) is 6.63. The second kappa shape index (κ2) is 7.81. The fourth-order valence-electron chi connectivity index (χ4n) is 2.34. The summed E-state index contributed by atoms with van der Waals surface area (Å²) in [5, 5.41) is 12.7. The van der Waals surface area contributed by atoms with Crippen molar-refractivity contribution in [1.29, 1.82) is 0 Å². The minimum atomic E-state index is -0.188. The summed E-state index contributed by atoms with van der Waals surface area (Å²) in [7, 11) is 0. The van der Waals surface area contributed by atoms with Crippen molar-refractivity contribution in [2.75, 3.05) is 13.2 Å². The zero-order valence-electron chi connectivity index (χ0n) is 13.3. The molecule has 0 saturated heterocycles. The number of rotatable bonds is 7. The molecule has 1 aromatic carbocycles. The lowest BCUT2D eigenvalue weighted by Crippen LogP contribution is -2.38. The maximum Gasteiger partial charge on any atom is 0.227 e. The number of aliphatic hydroxyl groups excluding tert-OH is 1. The number of hydrogen-bond donors (Lipinski definition) is 2. The van der Waals surface area contributed by atoms with Crippen molar-refractivity contribution in [3.8, 4) is 0 Å². The average molecular weight is 312 g/mol. The van der Waals surface area contributed by atoms with Gasteiger partial charge in [-0.15, -0.1) is 0 Å². The van der Waals surface area contributed by atoms with Gasteiger partial charge < -0.3 is 10.4 Å². The van der Waals surface area contributed by atoms with E-state index in [9.17, 15) is 4.79 Å². The molecule has 0 bridgehead atoms. The SMILES string of the molecule is CC(C)C(C(=O)NCC(C)(C)CCO)c1ccc(Cl)cc1. The highest BCUT2D eigenvalue weighted by atomic mass is 35.5. The lowest BCUT2D eigenvalue weighted by Gasteiger charge is -2.27. The number of benzene rings is 1. The predicted octanol–water partition coefficient (Wildman–Crippen LogP) is 3.60. The van der Waals surface area contributed by atoms with Crippen LogP contribution in [-0.2, 0) is 4.79 Å². The van der Waals surface area contributed by atoms with Crippen LogP contribution in [0.5, 0.6) is 0 Å². The van der Waals surface area contributed by atoms with Gasteiger partial charge in [-0.25, -0.2) is 0 Å². The van der Waals surface area contributed by atoms with E-state index in [4.69, 9.17) is 16.7 Å². The quantitative estimate of drug-likeness (QED) is 0.808. The van der Waals surface area contributed by atoms with Gasteiger partial charge in [0.1, 0.15) is 0 Å². The molecule has 1 rings (SSSR count). The van der Waals surface area contributed by atoms with Crippen LogP contribution >= 0.6 is 11.6 Å². The third-order valence-electron chi connectivity index (χ3n) is 3.71. The molecule has 1 aromatic rings. The molecular formula is C17H26ClNO2. The minimum absolute atomic E-state index is 0.0262. The fourth-order valence-corrected chi connectivity index (χ4v) is 2.46. The smallest absolute Gasteiger partial charge is 0.227 e. The van der Waals surface area contributed by atoms with E-state index in [0.29, 0.717) is 18.0 Å². The number of carbonyl (C=O) groups excluding carboxylic acids is 1. The van der Waals surface area contributed by atoms with Crippen LogP contribution in [0.3, 0.4) is 0 Å². The molecule has 118 valence electrons. The summed E-state index contributed by atoms with van der Waals surface area (Å²) in [4.78, 5) is 12.5. The largest absolute Gasteiger partial charge is 0.396 e. The number of nitrogens with one attached hydrogen (secondary N) is 1. The lowest BCUT2D eigenvalue weighted by atomic mass is 9.86. The van der Waals surface area contributed by atoms with Crippen LogP contribution in [-0.4, -0.2) is 24.2 Å². The van der Waals surface area contributed by atoms with E-state index in [1.807, 2.05) is 52.0 Å². The Labute approximate surface area is 132 Å². The second-order valence-corrected chi connectivity index (χ2v) is 7.07. The summed E-state index contributed by atoms with van der Waals surface area (Å²) in [6.45, 7) is 8.85. The van der Waals surface area contributed by atoms with Crippen molar-refractivity contribution < 1.29 is 9.90 Å². The molecule has 2 N–H and O–H groups in total. The predicted molar refractivity (Wildman–Crippen MR) is 87.5 cm³/mol. The number of amides is 1. The van der Waals surface area contributed by atoms with Gasteiger partial charge in [-0.2, -0.15) is 0 Å². The highest BCUT2D eigenvalue weighted by Gasteiger charge is 2.26. The van der Waals surface area contributed by atoms with Gasteiger partial charge in [0.2, 0.25) is 5.91 Å². The van der Waals surface area contributed by atoms with Crippen LogP contribution in [0.1, 0.15) is 45.6 Å². The molecule has 0 radical (unpaired) electrons. The lowest BCUT2D eigenvalue weighted by molar-refractivity contribution is -0.124. The van der Waals surface area contributed by atoms with E-state index in [-0.39, 0.29) is 29.8 Å². The summed E-state index contributed by atoms with van der Waals surface area (Å²) >= 11 is 5.91. The first-order valence-corrected chi connectivity index (χ1v) is 7.78. The van der Waals surface area contributed by atoms with Crippen LogP contribution in [0.25, 0.3) is 0 Å². The summed E-state index contributed by atoms with van der Waals surface area (Å²) in [5.74, 6) is 0.0395. The van der Waals surface area contributed by atoms with Crippen molar-refractivity contribution >= 4 is 17.5 Å². The first-order valence-electron chi connectivity index (χ1n) is 7.41. The topological polar surface area (TPSA) is 49.3 Å². The first kappa shape index (κ1) is 18.0. The molecule has 21 heavy (non-hydrogen) atoms.